The number of hydrogen-bond acceptors (Lipinski definition) is 6. The van der Waals surface area contributed by atoms with Crippen molar-refractivity contribution in [3.8, 4) is 0 Å². The highest BCUT2D eigenvalue weighted by Crippen LogP contribution is 2.25. The number of nitrogens with zero attached hydrogens (tertiary/aromatic N) is 3. The van der Waals surface area contributed by atoms with Crippen LogP contribution in [0.25, 0.3) is 10.9 Å². The zero-order valence-corrected chi connectivity index (χ0v) is 16.9. The molecule has 0 unspecified atom stereocenters. The molecular formula is C18H19ClN4OS2. The molecule has 0 radical (unpaired) electrons. The van der Waals surface area contributed by atoms with E-state index in [0.29, 0.717) is 17.5 Å². The quantitative estimate of drug-likeness (QED) is 0.461. The number of fused-ring (bicyclic) bond motifs is 1. The number of benzene rings is 1. The Hall–Kier alpha value is -1.83. The fourth-order valence-electron chi connectivity index (χ4n) is 2.42. The van der Waals surface area contributed by atoms with Crippen LogP contribution in [0.15, 0.2) is 41.6 Å². The van der Waals surface area contributed by atoms with Crippen LogP contribution in [0.2, 0.25) is 4.34 Å². The van der Waals surface area contributed by atoms with Crippen molar-refractivity contribution >= 4 is 57.3 Å². The smallest absolute Gasteiger partial charge is 0.233 e. The van der Waals surface area contributed by atoms with E-state index in [1.165, 1.54) is 23.1 Å². The van der Waals surface area contributed by atoms with Crippen LogP contribution in [0.1, 0.15) is 11.8 Å². The van der Waals surface area contributed by atoms with Gasteiger partial charge >= 0.3 is 0 Å². The molecule has 0 saturated carbocycles. The third kappa shape index (κ3) is 4.66. The maximum Gasteiger partial charge on any atom is 0.233 e. The van der Waals surface area contributed by atoms with Crippen LogP contribution in [0.5, 0.6) is 0 Å². The van der Waals surface area contributed by atoms with Gasteiger partial charge in [-0.05, 0) is 31.2 Å². The lowest BCUT2D eigenvalue weighted by atomic mass is 10.2. The number of hydrogen-bond donors (Lipinski definition) is 1. The second-order valence-electron chi connectivity index (χ2n) is 5.65. The van der Waals surface area contributed by atoms with Gasteiger partial charge in [0, 0.05) is 23.9 Å². The fourth-order valence-corrected chi connectivity index (χ4v) is 4.35. The van der Waals surface area contributed by atoms with Crippen LogP contribution in [0.3, 0.4) is 0 Å². The van der Waals surface area contributed by atoms with E-state index in [4.69, 9.17) is 11.6 Å². The highest BCUT2D eigenvalue weighted by Gasteiger charge is 2.13. The molecule has 0 aliphatic carbocycles. The van der Waals surface area contributed by atoms with Crippen LogP contribution >= 0.6 is 34.7 Å². The summed E-state index contributed by atoms with van der Waals surface area (Å²) in [6.07, 6.45) is 0. The molecule has 0 aliphatic rings. The van der Waals surface area contributed by atoms with Gasteiger partial charge in [0.2, 0.25) is 5.91 Å². The van der Waals surface area contributed by atoms with Gasteiger partial charge in [0.15, 0.2) is 5.16 Å². The molecule has 0 bridgehead atoms. The van der Waals surface area contributed by atoms with Crippen molar-refractivity contribution in [2.75, 3.05) is 24.7 Å². The minimum absolute atomic E-state index is 0.0290. The van der Waals surface area contributed by atoms with Gasteiger partial charge in [-0.1, -0.05) is 35.5 Å². The summed E-state index contributed by atoms with van der Waals surface area (Å²) in [5.74, 6) is 1.12. The Bertz CT molecular complexity index is 915. The summed E-state index contributed by atoms with van der Waals surface area (Å²) in [6.45, 7) is 3.35. The Morgan fingerprint density at radius 3 is 2.81 bits per heavy atom. The Labute approximate surface area is 165 Å². The molecule has 0 fully saturated rings. The predicted octanol–water partition coefficient (Wildman–Crippen LogP) is 4.53. The maximum atomic E-state index is 12.4. The van der Waals surface area contributed by atoms with Gasteiger partial charge in [0.25, 0.3) is 0 Å². The van der Waals surface area contributed by atoms with Crippen LogP contribution < -0.4 is 5.32 Å². The fraction of sp³-hybridized carbons (Fsp3) is 0.278. The van der Waals surface area contributed by atoms with Crippen molar-refractivity contribution < 1.29 is 4.79 Å². The van der Waals surface area contributed by atoms with Gasteiger partial charge in [-0.3, -0.25) is 4.79 Å². The van der Waals surface area contributed by atoms with Crippen molar-refractivity contribution in [1.82, 2.24) is 14.9 Å². The third-order valence-corrected chi connectivity index (χ3v) is 5.75. The van der Waals surface area contributed by atoms with Crippen molar-refractivity contribution in [2.24, 2.45) is 0 Å². The molecule has 0 spiro atoms. The monoisotopic (exact) mass is 406 g/mol. The van der Waals surface area contributed by atoms with E-state index in [0.717, 1.165) is 32.5 Å². The zero-order valence-electron chi connectivity index (χ0n) is 14.5. The largest absolute Gasteiger partial charge is 0.370 e. The second-order valence-corrected chi connectivity index (χ2v) is 8.39. The second kappa shape index (κ2) is 8.70. The number of anilines is 1. The van der Waals surface area contributed by atoms with Crippen molar-refractivity contribution in [3.05, 3.63) is 45.6 Å². The topological polar surface area (TPSA) is 58.1 Å². The molecule has 1 N–H and O–H groups in total. The normalized spacial score (nSPS) is 10.9. The highest BCUT2D eigenvalue weighted by molar-refractivity contribution is 7.99. The molecule has 2 aromatic heterocycles. The molecule has 3 rings (SSSR count). The number of aromatic nitrogens is 2. The summed E-state index contributed by atoms with van der Waals surface area (Å²) in [5, 5.41) is 4.85. The van der Waals surface area contributed by atoms with E-state index in [1.54, 1.807) is 11.9 Å². The Kier molecular flexibility index (Phi) is 6.34. The molecule has 0 aliphatic heterocycles. The van der Waals surface area contributed by atoms with Gasteiger partial charge in [-0.25, -0.2) is 9.97 Å². The first-order chi connectivity index (χ1) is 12.6. The van der Waals surface area contributed by atoms with Gasteiger partial charge in [0.1, 0.15) is 5.82 Å². The summed E-state index contributed by atoms with van der Waals surface area (Å²) in [7, 11) is 1.79. The number of carbonyl (C=O) groups excluding carboxylic acids is 1. The average Bonchev–Trinajstić information content (AvgIpc) is 3.04. The lowest BCUT2D eigenvalue weighted by molar-refractivity contribution is -0.127. The number of halogens is 1. The summed E-state index contributed by atoms with van der Waals surface area (Å²) in [5.41, 5.74) is 0.870. The summed E-state index contributed by atoms with van der Waals surface area (Å²) < 4.78 is 0.732. The molecule has 1 aromatic carbocycles. The standard InChI is InChI=1S/C18H19ClN4OS2/c1-3-20-17-13-6-4-5-7-14(13)21-18(22-17)25-11-16(24)23(2)10-12-8-9-15(19)26-12/h4-9H,3,10-11H2,1-2H3,(H,20,21,22). The van der Waals surface area contributed by atoms with Crippen LogP contribution in [0.4, 0.5) is 5.82 Å². The molecule has 8 heteroatoms. The molecule has 26 heavy (non-hydrogen) atoms. The van der Waals surface area contributed by atoms with Gasteiger partial charge < -0.3 is 10.2 Å². The van der Waals surface area contributed by atoms with E-state index in [9.17, 15) is 4.79 Å². The molecule has 2 heterocycles. The first-order valence-corrected chi connectivity index (χ1v) is 10.4. The van der Waals surface area contributed by atoms with E-state index < -0.39 is 0 Å². The minimum atomic E-state index is 0.0290. The van der Waals surface area contributed by atoms with E-state index in [1.807, 2.05) is 43.3 Å². The van der Waals surface area contributed by atoms with E-state index >= 15 is 0 Å². The van der Waals surface area contributed by atoms with Gasteiger partial charge in [0.05, 0.1) is 22.2 Å². The summed E-state index contributed by atoms with van der Waals surface area (Å²) in [6, 6.07) is 11.7. The maximum absolute atomic E-state index is 12.4. The molecule has 0 saturated heterocycles. The number of carbonyl (C=O) groups is 1. The van der Waals surface area contributed by atoms with Crippen LogP contribution in [-0.2, 0) is 11.3 Å². The van der Waals surface area contributed by atoms with Crippen molar-refractivity contribution in [3.63, 3.8) is 0 Å². The first-order valence-electron chi connectivity index (χ1n) is 8.18. The minimum Gasteiger partial charge on any atom is -0.370 e. The molecule has 5 nitrogen and oxygen atoms in total. The van der Waals surface area contributed by atoms with Crippen molar-refractivity contribution in [2.45, 2.75) is 18.6 Å². The summed E-state index contributed by atoms with van der Waals surface area (Å²) >= 11 is 8.78. The average molecular weight is 407 g/mol. The lowest BCUT2D eigenvalue weighted by Gasteiger charge is -2.16. The van der Waals surface area contributed by atoms with Gasteiger partial charge in [-0.2, -0.15) is 0 Å². The zero-order chi connectivity index (χ0) is 18.5. The summed E-state index contributed by atoms with van der Waals surface area (Å²) in [4.78, 5) is 24.3. The number of rotatable bonds is 7. The third-order valence-electron chi connectivity index (χ3n) is 3.70. The number of nitrogens with one attached hydrogen (secondary N) is 1. The molecular weight excluding hydrogens is 388 g/mol. The molecule has 1 amide bonds. The number of thiophene rings is 1. The Morgan fingerprint density at radius 1 is 1.27 bits per heavy atom. The SMILES string of the molecule is CCNc1nc(SCC(=O)N(C)Cc2ccc(Cl)s2)nc2ccccc12. The van der Waals surface area contributed by atoms with Gasteiger partial charge in [-0.15, -0.1) is 11.3 Å². The Balaban J connectivity index is 1.67. The molecule has 136 valence electrons. The predicted molar refractivity (Wildman–Crippen MR) is 110 cm³/mol. The van der Waals surface area contributed by atoms with Crippen LogP contribution in [-0.4, -0.2) is 40.1 Å². The molecule has 3 aromatic rings. The van der Waals surface area contributed by atoms with Crippen LogP contribution in [0, 0.1) is 0 Å². The van der Waals surface area contributed by atoms with Crippen molar-refractivity contribution in [1.29, 1.82) is 0 Å². The van der Waals surface area contributed by atoms with E-state index in [-0.39, 0.29) is 5.91 Å². The molecule has 0 atom stereocenters. The first kappa shape index (κ1) is 18.9. The highest BCUT2D eigenvalue weighted by atomic mass is 35.5. The lowest BCUT2D eigenvalue weighted by Crippen LogP contribution is -2.27. The Morgan fingerprint density at radius 2 is 2.08 bits per heavy atom. The van der Waals surface area contributed by atoms with E-state index in [2.05, 4.69) is 15.3 Å². The number of thioether (sulfide) groups is 1. The number of amides is 1. The number of para-hydroxylation sites is 1.